The van der Waals surface area contributed by atoms with E-state index >= 15 is 0 Å². The third-order valence-electron chi connectivity index (χ3n) is 3.33. The lowest BCUT2D eigenvalue weighted by Crippen LogP contribution is -2.12. The van der Waals surface area contributed by atoms with E-state index in [1.807, 2.05) is 30.3 Å². The van der Waals surface area contributed by atoms with E-state index in [4.69, 9.17) is 14.3 Å². The van der Waals surface area contributed by atoms with Gasteiger partial charge in [-0.3, -0.25) is 4.84 Å². The van der Waals surface area contributed by atoms with Crippen LogP contribution in [0.3, 0.4) is 0 Å². The first-order chi connectivity index (χ1) is 11.3. The fraction of sp³-hybridized carbons (Fsp3) is 0.294. The van der Waals surface area contributed by atoms with Gasteiger partial charge in [-0.15, -0.1) is 0 Å². The van der Waals surface area contributed by atoms with Crippen LogP contribution in [0.4, 0.5) is 0 Å². The van der Waals surface area contributed by atoms with Gasteiger partial charge in [-0.05, 0) is 24.1 Å². The van der Waals surface area contributed by atoms with Gasteiger partial charge in [0.1, 0.15) is 18.2 Å². The van der Waals surface area contributed by atoms with Gasteiger partial charge in [0.2, 0.25) is 5.88 Å². The van der Waals surface area contributed by atoms with Crippen LogP contribution in [0, 0.1) is 0 Å². The van der Waals surface area contributed by atoms with Crippen LogP contribution in [0.5, 0.6) is 11.5 Å². The number of nitrogens with zero attached hydrogens (tertiary/aromatic N) is 2. The maximum absolute atomic E-state index is 5.65. The third-order valence-corrected chi connectivity index (χ3v) is 3.33. The molecule has 1 unspecified atom stereocenters. The minimum absolute atomic E-state index is 0.209. The van der Waals surface area contributed by atoms with Crippen molar-refractivity contribution in [3.8, 4) is 11.5 Å². The van der Waals surface area contributed by atoms with E-state index in [1.54, 1.807) is 12.4 Å². The molecule has 120 valence electrons. The van der Waals surface area contributed by atoms with Gasteiger partial charge in [0.15, 0.2) is 5.75 Å². The standard InChI is InChI=1S/C17H19N3O3/c1-2-3-8-21-14-6-4-13(5-7-14)16-9-17(20-23-16)22-15-10-18-12-19-11-15/h4-7,9-12,16,20H,2-3,8H2,1H3. The molecule has 0 saturated heterocycles. The van der Waals surface area contributed by atoms with E-state index in [9.17, 15) is 0 Å². The van der Waals surface area contributed by atoms with E-state index in [-0.39, 0.29) is 6.10 Å². The predicted octanol–water partition coefficient (Wildman–Crippen LogP) is 3.15. The zero-order chi connectivity index (χ0) is 15.9. The highest BCUT2D eigenvalue weighted by Gasteiger charge is 2.20. The maximum Gasteiger partial charge on any atom is 0.216 e. The van der Waals surface area contributed by atoms with Crippen molar-refractivity contribution in [3.05, 3.63) is 60.5 Å². The Bertz CT molecular complexity index is 644. The summed E-state index contributed by atoms with van der Waals surface area (Å²) in [4.78, 5) is 13.3. The first-order valence-electron chi connectivity index (χ1n) is 7.64. The average molecular weight is 313 g/mol. The molecule has 0 bridgehead atoms. The molecule has 1 aromatic carbocycles. The molecule has 1 N–H and O–H groups in total. The molecule has 0 amide bonds. The number of unbranched alkanes of at least 4 members (excludes halogenated alkanes) is 1. The molecule has 0 fully saturated rings. The molecule has 6 nitrogen and oxygen atoms in total. The average Bonchev–Trinajstić information content (AvgIpc) is 3.05. The third kappa shape index (κ3) is 4.20. The Morgan fingerprint density at radius 2 is 1.91 bits per heavy atom. The summed E-state index contributed by atoms with van der Waals surface area (Å²) in [6, 6.07) is 7.87. The first-order valence-corrected chi connectivity index (χ1v) is 7.64. The van der Waals surface area contributed by atoms with Gasteiger partial charge in [-0.25, -0.2) is 15.4 Å². The molecule has 1 aliphatic rings. The summed E-state index contributed by atoms with van der Waals surface area (Å²) < 4.78 is 11.2. The summed E-state index contributed by atoms with van der Waals surface area (Å²) in [7, 11) is 0. The number of nitrogens with one attached hydrogen (secondary N) is 1. The number of hydroxylamine groups is 1. The van der Waals surface area contributed by atoms with Gasteiger partial charge >= 0.3 is 0 Å². The van der Waals surface area contributed by atoms with Crippen molar-refractivity contribution in [2.45, 2.75) is 25.9 Å². The molecule has 1 atom stereocenters. The van der Waals surface area contributed by atoms with Gasteiger partial charge in [0, 0.05) is 6.08 Å². The van der Waals surface area contributed by atoms with Crippen LogP contribution in [-0.4, -0.2) is 16.6 Å². The highest BCUT2D eigenvalue weighted by molar-refractivity contribution is 5.31. The molecule has 6 heteroatoms. The van der Waals surface area contributed by atoms with Crippen molar-refractivity contribution >= 4 is 0 Å². The lowest BCUT2D eigenvalue weighted by Gasteiger charge is -2.09. The lowest BCUT2D eigenvalue weighted by molar-refractivity contribution is 0.0272. The van der Waals surface area contributed by atoms with Crippen molar-refractivity contribution in [1.82, 2.24) is 15.4 Å². The number of rotatable bonds is 7. The second-order valence-electron chi connectivity index (χ2n) is 5.12. The van der Waals surface area contributed by atoms with Crippen molar-refractivity contribution in [2.75, 3.05) is 6.61 Å². The molecule has 0 aliphatic carbocycles. The summed E-state index contributed by atoms with van der Waals surface area (Å²) in [6.45, 7) is 2.89. The number of aromatic nitrogens is 2. The Morgan fingerprint density at radius 3 is 2.65 bits per heavy atom. The minimum Gasteiger partial charge on any atom is -0.494 e. The Balaban J connectivity index is 1.59. The number of ether oxygens (including phenoxy) is 2. The van der Waals surface area contributed by atoms with Crippen LogP contribution in [-0.2, 0) is 4.84 Å². The van der Waals surface area contributed by atoms with E-state index in [1.165, 1.54) is 6.33 Å². The Labute approximate surface area is 135 Å². The summed E-state index contributed by atoms with van der Waals surface area (Å²) >= 11 is 0. The van der Waals surface area contributed by atoms with Gasteiger partial charge < -0.3 is 9.47 Å². The smallest absolute Gasteiger partial charge is 0.216 e. The van der Waals surface area contributed by atoms with Crippen LogP contribution in [0.25, 0.3) is 0 Å². The van der Waals surface area contributed by atoms with Gasteiger partial charge in [-0.1, -0.05) is 25.5 Å². The summed E-state index contributed by atoms with van der Waals surface area (Å²) in [5.41, 5.74) is 3.78. The monoisotopic (exact) mass is 313 g/mol. The molecule has 1 aromatic heterocycles. The van der Waals surface area contributed by atoms with E-state index in [2.05, 4.69) is 22.4 Å². The molecule has 1 aliphatic heterocycles. The SMILES string of the molecule is CCCCOc1ccc(C2C=C(Oc3cncnc3)NO2)cc1. The van der Waals surface area contributed by atoms with Crippen molar-refractivity contribution in [2.24, 2.45) is 0 Å². The molecule has 3 rings (SSSR count). The number of benzene rings is 1. The summed E-state index contributed by atoms with van der Waals surface area (Å²) in [6.07, 6.45) is 8.46. The highest BCUT2D eigenvalue weighted by atomic mass is 16.7. The topological polar surface area (TPSA) is 65.5 Å². The number of hydrogen-bond acceptors (Lipinski definition) is 6. The Morgan fingerprint density at radius 1 is 1.13 bits per heavy atom. The van der Waals surface area contributed by atoms with Gasteiger partial charge in [-0.2, -0.15) is 0 Å². The Kier molecular flexibility index (Phi) is 5.06. The van der Waals surface area contributed by atoms with E-state index < -0.39 is 0 Å². The Hall–Kier alpha value is -2.60. The minimum atomic E-state index is -0.209. The van der Waals surface area contributed by atoms with Crippen LogP contribution in [0.2, 0.25) is 0 Å². The van der Waals surface area contributed by atoms with Crippen molar-refractivity contribution in [1.29, 1.82) is 0 Å². The zero-order valence-electron chi connectivity index (χ0n) is 12.9. The van der Waals surface area contributed by atoms with Crippen LogP contribution in [0.15, 0.2) is 54.9 Å². The van der Waals surface area contributed by atoms with Crippen LogP contribution < -0.4 is 15.0 Å². The first kappa shape index (κ1) is 15.3. The summed E-state index contributed by atoms with van der Waals surface area (Å²) in [5, 5.41) is 0. The molecular weight excluding hydrogens is 294 g/mol. The lowest BCUT2D eigenvalue weighted by atomic mass is 10.1. The normalized spacial score (nSPS) is 16.6. The number of hydrogen-bond donors (Lipinski definition) is 1. The second kappa shape index (κ2) is 7.60. The molecule has 0 spiro atoms. The summed E-state index contributed by atoms with van der Waals surface area (Å²) in [5.74, 6) is 1.94. The van der Waals surface area contributed by atoms with E-state index in [0.717, 1.165) is 30.8 Å². The largest absolute Gasteiger partial charge is 0.494 e. The van der Waals surface area contributed by atoms with Gasteiger partial charge in [0.25, 0.3) is 0 Å². The van der Waals surface area contributed by atoms with Crippen LogP contribution >= 0.6 is 0 Å². The second-order valence-corrected chi connectivity index (χ2v) is 5.12. The quantitative estimate of drug-likeness (QED) is 0.792. The molecular formula is C17H19N3O3. The molecule has 2 heterocycles. The molecule has 0 radical (unpaired) electrons. The van der Waals surface area contributed by atoms with Gasteiger partial charge in [0.05, 0.1) is 19.0 Å². The predicted molar refractivity (Wildman–Crippen MR) is 84.5 cm³/mol. The molecule has 23 heavy (non-hydrogen) atoms. The van der Waals surface area contributed by atoms with E-state index in [0.29, 0.717) is 11.6 Å². The molecule has 2 aromatic rings. The fourth-order valence-electron chi connectivity index (χ4n) is 2.10. The fourth-order valence-corrected chi connectivity index (χ4v) is 2.10. The highest BCUT2D eigenvalue weighted by Crippen LogP contribution is 2.26. The zero-order valence-corrected chi connectivity index (χ0v) is 12.9. The van der Waals surface area contributed by atoms with Crippen LogP contribution in [0.1, 0.15) is 31.4 Å². The molecule has 0 saturated carbocycles. The van der Waals surface area contributed by atoms with Crippen molar-refractivity contribution in [3.63, 3.8) is 0 Å². The van der Waals surface area contributed by atoms with Crippen molar-refractivity contribution < 1.29 is 14.3 Å². The maximum atomic E-state index is 5.65.